The first-order valence-electron chi connectivity index (χ1n) is 9.79. The van der Waals surface area contributed by atoms with E-state index in [1.165, 1.54) is 23.6 Å². The quantitative estimate of drug-likeness (QED) is 0.365. The van der Waals surface area contributed by atoms with Gasteiger partial charge in [-0.2, -0.15) is 4.39 Å². The average molecular weight is 413 g/mol. The van der Waals surface area contributed by atoms with Crippen LogP contribution in [-0.4, -0.2) is 14.5 Å². The number of pyridine rings is 3. The molecule has 146 valence electrons. The summed E-state index contributed by atoms with van der Waals surface area (Å²) in [4.78, 5) is 21.8. The summed E-state index contributed by atoms with van der Waals surface area (Å²) in [5.41, 5.74) is 3.40. The van der Waals surface area contributed by atoms with Crippen molar-refractivity contribution in [2.45, 2.75) is 18.4 Å². The van der Waals surface area contributed by atoms with E-state index in [0.29, 0.717) is 10.9 Å². The predicted octanol–water partition coefficient (Wildman–Crippen LogP) is 5.54. The van der Waals surface area contributed by atoms with Crippen molar-refractivity contribution in [1.82, 2.24) is 14.5 Å². The molecule has 6 heteroatoms. The minimum absolute atomic E-state index is 0.0331. The highest BCUT2D eigenvalue weighted by atomic mass is 32.1. The van der Waals surface area contributed by atoms with Crippen molar-refractivity contribution >= 4 is 32.3 Å². The average Bonchev–Trinajstić information content (AvgIpc) is 3.43. The summed E-state index contributed by atoms with van der Waals surface area (Å²) in [5.74, 6) is -0.321. The standard InChI is InChI=1S/C24H16FN3OS/c25-22-11-15(7-9-26-22)17-13-30-21-8-10-28(24(29)23(17)21)20-12-16(20)19-6-5-14-3-1-2-4-18(14)27-19/h1-11,13,16,20H,12H2. The van der Waals surface area contributed by atoms with E-state index >= 15 is 0 Å². The molecular weight excluding hydrogens is 397 g/mol. The van der Waals surface area contributed by atoms with Gasteiger partial charge in [-0.05, 0) is 36.2 Å². The predicted molar refractivity (Wildman–Crippen MR) is 117 cm³/mol. The summed E-state index contributed by atoms with van der Waals surface area (Å²) < 4.78 is 16.4. The highest BCUT2D eigenvalue weighted by molar-refractivity contribution is 7.17. The Kier molecular flexibility index (Phi) is 3.83. The third-order valence-electron chi connectivity index (χ3n) is 5.81. The Labute approximate surface area is 175 Å². The molecule has 0 N–H and O–H groups in total. The number of benzene rings is 1. The van der Waals surface area contributed by atoms with Gasteiger partial charge in [0, 0.05) is 57.1 Å². The Morgan fingerprint density at radius 3 is 2.90 bits per heavy atom. The van der Waals surface area contributed by atoms with E-state index in [1.54, 1.807) is 6.07 Å². The summed E-state index contributed by atoms with van der Waals surface area (Å²) in [6.45, 7) is 0. The van der Waals surface area contributed by atoms with Crippen LogP contribution in [0.4, 0.5) is 4.39 Å². The number of halogens is 1. The summed E-state index contributed by atoms with van der Waals surface area (Å²) in [6, 6.07) is 17.4. The molecule has 1 aliphatic rings. The van der Waals surface area contributed by atoms with Gasteiger partial charge in [-0.15, -0.1) is 11.3 Å². The van der Waals surface area contributed by atoms with Crippen molar-refractivity contribution in [3.05, 3.63) is 94.4 Å². The smallest absolute Gasteiger partial charge is 0.260 e. The van der Waals surface area contributed by atoms with E-state index in [0.717, 1.165) is 33.3 Å². The Hall–Kier alpha value is -3.38. The molecule has 0 spiro atoms. The number of hydrogen-bond acceptors (Lipinski definition) is 4. The van der Waals surface area contributed by atoms with Gasteiger partial charge < -0.3 is 4.57 Å². The first-order chi connectivity index (χ1) is 14.7. The fourth-order valence-electron chi connectivity index (χ4n) is 4.20. The van der Waals surface area contributed by atoms with Gasteiger partial charge in [0.25, 0.3) is 5.56 Å². The Balaban J connectivity index is 1.41. The van der Waals surface area contributed by atoms with Gasteiger partial charge in [0.05, 0.1) is 10.9 Å². The largest absolute Gasteiger partial charge is 0.311 e. The normalized spacial score (nSPS) is 18.2. The van der Waals surface area contributed by atoms with Crippen LogP contribution in [0.1, 0.15) is 24.1 Å². The molecule has 2 unspecified atom stereocenters. The minimum Gasteiger partial charge on any atom is -0.311 e. The molecule has 1 fully saturated rings. The number of thiophene rings is 1. The number of fused-ring (bicyclic) bond motifs is 2. The molecule has 1 saturated carbocycles. The minimum atomic E-state index is -0.548. The highest BCUT2D eigenvalue weighted by Gasteiger charge is 2.41. The summed E-state index contributed by atoms with van der Waals surface area (Å²) in [5, 5.41) is 3.68. The zero-order chi connectivity index (χ0) is 20.2. The Morgan fingerprint density at radius 1 is 1.10 bits per heavy atom. The van der Waals surface area contributed by atoms with Crippen LogP contribution in [0.3, 0.4) is 0 Å². The second kappa shape index (κ2) is 6.57. The molecule has 6 rings (SSSR count). The zero-order valence-electron chi connectivity index (χ0n) is 15.8. The van der Waals surface area contributed by atoms with Gasteiger partial charge in [0.2, 0.25) is 5.95 Å². The topological polar surface area (TPSA) is 47.8 Å². The van der Waals surface area contributed by atoms with E-state index in [2.05, 4.69) is 23.2 Å². The molecule has 0 radical (unpaired) electrons. The van der Waals surface area contributed by atoms with E-state index in [9.17, 15) is 9.18 Å². The van der Waals surface area contributed by atoms with E-state index in [1.807, 2.05) is 40.4 Å². The lowest BCUT2D eigenvalue weighted by atomic mass is 10.1. The number of aromatic nitrogens is 3. The van der Waals surface area contributed by atoms with Crippen molar-refractivity contribution in [3.63, 3.8) is 0 Å². The van der Waals surface area contributed by atoms with Crippen LogP contribution in [0.25, 0.3) is 32.1 Å². The summed E-state index contributed by atoms with van der Waals surface area (Å²) >= 11 is 1.50. The lowest BCUT2D eigenvalue weighted by Crippen LogP contribution is -2.18. The molecule has 4 aromatic heterocycles. The number of rotatable bonds is 3. The first-order valence-corrected chi connectivity index (χ1v) is 10.7. The molecule has 5 aromatic rings. The van der Waals surface area contributed by atoms with Crippen LogP contribution in [0.2, 0.25) is 0 Å². The van der Waals surface area contributed by atoms with Crippen LogP contribution in [-0.2, 0) is 0 Å². The lowest BCUT2D eigenvalue weighted by Gasteiger charge is -2.07. The van der Waals surface area contributed by atoms with Crippen molar-refractivity contribution < 1.29 is 4.39 Å². The maximum absolute atomic E-state index is 13.6. The molecular formula is C24H16FN3OS. The van der Waals surface area contributed by atoms with Gasteiger partial charge in [0.15, 0.2) is 0 Å². The van der Waals surface area contributed by atoms with Crippen molar-refractivity contribution in [2.24, 2.45) is 0 Å². The number of hydrogen-bond donors (Lipinski definition) is 0. The molecule has 4 heterocycles. The fraction of sp³-hybridized carbons (Fsp3) is 0.125. The van der Waals surface area contributed by atoms with Crippen LogP contribution in [0.15, 0.2) is 77.2 Å². The third-order valence-corrected chi connectivity index (χ3v) is 6.75. The van der Waals surface area contributed by atoms with Gasteiger partial charge in [-0.3, -0.25) is 9.78 Å². The fourth-order valence-corrected chi connectivity index (χ4v) is 5.15. The maximum atomic E-state index is 13.6. The molecule has 0 amide bonds. The van der Waals surface area contributed by atoms with Gasteiger partial charge in [-0.1, -0.05) is 24.3 Å². The van der Waals surface area contributed by atoms with Crippen LogP contribution in [0, 0.1) is 5.95 Å². The molecule has 0 bridgehead atoms. The highest BCUT2D eigenvalue weighted by Crippen LogP contribution is 2.50. The molecule has 1 aliphatic carbocycles. The van der Waals surface area contributed by atoms with Crippen LogP contribution < -0.4 is 5.56 Å². The molecule has 2 atom stereocenters. The first kappa shape index (κ1) is 17.5. The van der Waals surface area contributed by atoms with Gasteiger partial charge >= 0.3 is 0 Å². The second-order valence-electron chi connectivity index (χ2n) is 7.62. The Morgan fingerprint density at radius 2 is 2.00 bits per heavy atom. The van der Waals surface area contributed by atoms with Gasteiger partial charge in [-0.25, -0.2) is 4.98 Å². The van der Waals surface area contributed by atoms with Crippen LogP contribution >= 0.6 is 11.3 Å². The monoisotopic (exact) mass is 413 g/mol. The molecule has 0 aliphatic heterocycles. The van der Waals surface area contributed by atoms with Crippen LogP contribution in [0.5, 0.6) is 0 Å². The molecule has 30 heavy (non-hydrogen) atoms. The second-order valence-corrected chi connectivity index (χ2v) is 8.53. The number of nitrogens with zero attached hydrogens (tertiary/aromatic N) is 3. The van der Waals surface area contributed by atoms with E-state index < -0.39 is 5.95 Å². The summed E-state index contributed by atoms with van der Waals surface area (Å²) in [7, 11) is 0. The van der Waals surface area contributed by atoms with E-state index in [-0.39, 0.29) is 17.5 Å². The molecule has 1 aromatic carbocycles. The van der Waals surface area contributed by atoms with Gasteiger partial charge in [0.1, 0.15) is 0 Å². The van der Waals surface area contributed by atoms with Crippen molar-refractivity contribution in [3.8, 4) is 11.1 Å². The van der Waals surface area contributed by atoms with E-state index in [4.69, 9.17) is 4.98 Å². The number of para-hydroxylation sites is 1. The third kappa shape index (κ3) is 2.75. The maximum Gasteiger partial charge on any atom is 0.260 e. The molecule has 0 saturated heterocycles. The summed E-state index contributed by atoms with van der Waals surface area (Å²) in [6.07, 6.45) is 4.20. The lowest BCUT2D eigenvalue weighted by molar-refractivity contribution is 0.584. The Bertz CT molecular complexity index is 1490. The SMILES string of the molecule is O=c1c2c(-c3ccnc(F)c3)csc2ccn1C1CC1c1ccc2ccccc2n1. The zero-order valence-corrected chi connectivity index (χ0v) is 16.6. The van der Waals surface area contributed by atoms with Crippen molar-refractivity contribution in [2.75, 3.05) is 0 Å². The molecule has 4 nitrogen and oxygen atoms in total. The van der Waals surface area contributed by atoms with Crippen molar-refractivity contribution in [1.29, 1.82) is 0 Å².